The number of benzene rings is 2. The zero-order chi connectivity index (χ0) is 17.8. The molecule has 0 saturated carbocycles. The molecule has 0 atom stereocenters. The van der Waals surface area contributed by atoms with Crippen LogP contribution < -0.4 is 10.2 Å². The topological polar surface area (TPSA) is 72.9 Å². The van der Waals surface area contributed by atoms with Gasteiger partial charge in [-0.05, 0) is 48.5 Å². The molecule has 0 radical (unpaired) electrons. The quantitative estimate of drug-likeness (QED) is 0.822. The summed E-state index contributed by atoms with van der Waals surface area (Å²) in [6.07, 6.45) is -0.870. The average molecular weight is 404 g/mol. The molecule has 1 saturated heterocycles. The molecule has 3 rings (SSSR count). The molecule has 0 unspecified atom stereocenters. The van der Waals surface area contributed by atoms with E-state index in [-0.39, 0.29) is 5.91 Å². The Labute approximate surface area is 154 Å². The van der Waals surface area contributed by atoms with Crippen molar-refractivity contribution < 1.29 is 14.7 Å². The lowest BCUT2D eigenvalue weighted by Gasteiger charge is -2.34. The Morgan fingerprint density at radius 2 is 1.52 bits per heavy atom. The molecule has 2 aromatic carbocycles. The van der Waals surface area contributed by atoms with Crippen LogP contribution >= 0.6 is 15.9 Å². The summed E-state index contributed by atoms with van der Waals surface area (Å²) in [5.41, 5.74) is 2.34. The highest BCUT2D eigenvalue weighted by molar-refractivity contribution is 9.10. The van der Waals surface area contributed by atoms with Gasteiger partial charge < -0.3 is 20.2 Å². The fourth-order valence-electron chi connectivity index (χ4n) is 2.72. The van der Waals surface area contributed by atoms with Gasteiger partial charge in [0.2, 0.25) is 0 Å². The molecule has 0 bridgehead atoms. The number of nitrogens with one attached hydrogen (secondary N) is 1. The Hall–Kier alpha value is -2.54. The number of carbonyl (C=O) groups excluding carboxylic acids is 1. The summed E-state index contributed by atoms with van der Waals surface area (Å²) in [5.74, 6) is -0.157. The number of carboxylic acid groups (broad SMARTS) is 1. The van der Waals surface area contributed by atoms with Gasteiger partial charge in [-0.3, -0.25) is 4.79 Å². The maximum Gasteiger partial charge on any atom is 0.407 e. The molecule has 2 amide bonds. The van der Waals surface area contributed by atoms with Crippen molar-refractivity contribution in [3.63, 3.8) is 0 Å². The van der Waals surface area contributed by atoms with E-state index in [1.165, 1.54) is 4.90 Å². The van der Waals surface area contributed by atoms with Gasteiger partial charge in [-0.1, -0.05) is 15.9 Å². The standard InChI is InChI=1S/C18H18BrN3O3/c19-14-3-1-13(2-4-14)17(23)20-15-5-7-16(8-6-15)21-9-11-22(12-10-21)18(24)25/h1-8H,9-12H2,(H,20,23)(H,24,25). The fourth-order valence-corrected chi connectivity index (χ4v) is 2.98. The van der Waals surface area contributed by atoms with Crippen molar-refractivity contribution in [2.75, 3.05) is 36.4 Å². The van der Waals surface area contributed by atoms with Crippen molar-refractivity contribution in [1.82, 2.24) is 4.90 Å². The van der Waals surface area contributed by atoms with Crippen LogP contribution in [0.3, 0.4) is 0 Å². The molecule has 7 heteroatoms. The Bertz CT molecular complexity index is 754. The minimum Gasteiger partial charge on any atom is -0.465 e. The van der Waals surface area contributed by atoms with Crippen LogP contribution in [0.5, 0.6) is 0 Å². The van der Waals surface area contributed by atoms with Crippen molar-refractivity contribution in [1.29, 1.82) is 0 Å². The van der Waals surface area contributed by atoms with Gasteiger partial charge in [0.25, 0.3) is 5.91 Å². The van der Waals surface area contributed by atoms with Gasteiger partial charge in [0.1, 0.15) is 0 Å². The first kappa shape index (κ1) is 17.3. The first-order valence-corrected chi connectivity index (χ1v) is 8.72. The summed E-state index contributed by atoms with van der Waals surface area (Å²) in [5, 5.41) is 11.9. The van der Waals surface area contributed by atoms with Gasteiger partial charge in [0, 0.05) is 47.6 Å². The van der Waals surface area contributed by atoms with Gasteiger partial charge in [0.05, 0.1) is 0 Å². The minimum absolute atomic E-state index is 0.157. The first-order chi connectivity index (χ1) is 12.0. The molecule has 1 aliphatic rings. The van der Waals surface area contributed by atoms with Crippen LogP contribution in [-0.2, 0) is 0 Å². The van der Waals surface area contributed by atoms with Crippen molar-refractivity contribution in [3.8, 4) is 0 Å². The molecule has 25 heavy (non-hydrogen) atoms. The SMILES string of the molecule is O=C(Nc1ccc(N2CCN(C(=O)O)CC2)cc1)c1ccc(Br)cc1. The lowest BCUT2D eigenvalue weighted by Crippen LogP contribution is -2.48. The highest BCUT2D eigenvalue weighted by Gasteiger charge is 2.20. The number of carbonyl (C=O) groups is 2. The Morgan fingerprint density at radius 1 is 0.920 bits per heavy atom. The highest BCUT2D eigenvalue weighted by Crippen LogP contribution is 2.20. The summed E-state index contributed by atoms with van der Waals surface area (Å²) >= 11 is 3.35. The second-order valence-corrected chi connectivity index (χ2v) is 6.68. The van der Waals surface area contributed by atoms with Crippen molar-refractivity contribution in [2.45, 2.75) is 0 Å². The molecule has 130 valence electrons. The monoisotopic (exact) mass is 403 g/mol. The molecule has 2 aromatic rings. The van der Waals surface area contributed by atoms with E-state index in [9.17, 15) is 9.59 Å². The van der Waals surface area contributed by atoms with Crippen LogP contribution in [0.2, 0.25) is 0 Å². The van der Waals surface area contributed by atoms with Crippen LogP contribution in [0.15, 0.2) is 53.0 Å². The molecule has 1 fully saturated rings. The van der Waals surface area contributed by atoms with Gasteiger partial charge in [-0.15, -0.1) is 0 Å². The van der Waals surface area contributed by atoms with Crippen molar-refractivity contribution in [2.24, 2.45) is 0 Å². The van der Waals surface area contributed by atoms with Crippen LogP contribution in [0.4, 0.5) is 16.2 Å². The number of nitrogens with zero attached hydrogens (tertiary/aromatic N) is 2. The smallest absolute Gasteiger partial charge is 0.407 e. The van der Waals surface area contributed by atoms with Crippen LogP contribution in [0.1, 0.15) is 10.4 Å². The lowest BCUT2D eigenvalue weighted by molar-refractivity contribution is 0.102. The summed E-state index contributed by atoms with van der Waals surface area (Å²) in [6, 6.07) is 14.8. The third kappa shape index (κ3) is 4.30. The van der Waals surface area contributed by atoms with Gasteiger partial charge in [0.15, 0.2) is 0 Å². The number of hydrogen-bond donors (Lipinski definition) is 2. The van der Waals surface area contributed by atoms with E-state index in [0.717, 1.165) is 15.8 Å². The molecule has 0 aromatic heterocycles. The summed E-state index contributed by atoms with van der Waals surface area (Å²) in [4.78, 5) is 26.7. The summed E-state index contributed by atoms with van der Waals surface area (Å²) in [7, 11) is 0. The minimum atomic E-state index is -0.870. The van der Waals surface area contributed by atoms with E-state index >= 15 is 0 Å². The summed E-state index contributed by atoms with van der Waals surface area (Å²) < 4.78 is 0.927. The van der Waals surface area contributed by atoms with E-state index < -0.39 is 6.09 Å². The molecule has 6 nitrogen and oxygen atoms in total. The first-order valence-electron chi connectivity index (χ1n) is 7.93. The van der Waals surface area contributed by atoms with Gasteiger partial charge in [-0.2, -0.15) is 0 Å². The predicted octanol–water partition coefficient (Wildman–Crippen LogP) is 3.50. The van der Waals surface area contributed by atoms with E-state index in [4.69, 9.17) is 5.11 Å². The number of anilines is 2. The van der Waals surface area contributed by atoms with Gasteiger partial charge in [-0.25, -0.2) is 4.79 Å². The number of amides is 2. The lowest BCUT2D eigenvalue weighted by atomic mass is 10.2. The molecule has 0 spiro atoms. The Kier molecular flexibility index (Phi) is 5.23. The molecular formula is C18H18BrN3O3. The Balaban J connectivity index is 1.60. The van der Waals surface area contributed by atoms with E-state index in [0.29, 0.717) is 31.7 Å². The van der Waals surface area contributed by atoms with E-state index in [2.05, 4.69) is 26.1 Å². The number of halogens is 1. The van der Waals surface area contributed by atoms with Crippen LogP contribution in [-0.4, -0.2) is 48.2 Å². The highest BCUT2D eigenvalue weighted by atomic mass is 79.9. The maximum absolute atomic E-state index is 12.2. The van der Waals surface area contributed by atoms with Crippen molar-refractivity contribution >= 4 is 39.3 Å². The predicted molar refractivity (Wildman–Crippen MR) is 100 cm³/mol. The second kappa shape index (κ2) is 7.57. The zero-order valence-electron chi connectivity index (χ0n) is 13.5. The second-order valence-electron chi connectivity index (χ2n) is 5.76. The van der Waals surface area contributed by atoms with Gasteiger partial charge >= 0.3 is 6.09 Å². The van der Waals surface area contributed by atoms with Crippen LogP contribution in [0, 0.1) is 0 Å². The normalized spacial score (nSPS) is 14.3. The average Bonchev–Trinajstić information content (AvgIpc) is 2.63. The number of rotatable bonds is 3. The van der Waals surface area contributed by atoms with E-state index in [1.807, 2.05) is 36.4 Å². The third-order valence-electron chi connectivity index (χ3n) is 4.15. The maximum atomic E-state index is 12.2. The Morgan fingerprint density at radius 3 is 2.08 bits per heavy atom. The molecule has 1 aliphatic heterocycles. The largest absolute Gasteiger partial charge is 0.465 e. The number of hydrogen-bond acceptors (Lipinski definition) is 3. The molecular weight excluding hydrogens is 386 g/mol. The summed E-state index contributed by atoms with van der Waals surface area (Å²) in [6.45, 7) is 2.32. The zero-order valence-corrected chi connectivity index (χ0v) is 15.1. The van der Waals surface area contributed by atoms with E-state index in [1.54, 1.807) is 12.1 Å². The number of piperazine rings is 1. The molecule has 0 aliphatic carbocycles. The third-order valence-corrected chi connectivity index (χ3v) is 4.68. The molecule has 1 heterocycles. The van der Waals surface area contributed by atoms with Crippen molar-refractivity contribution in [3.05, 3.63) is 58.6 Å². The van der Waals surface area contributed by atoms with Crippen LogP contribution in [0.25, 0.3) is 0 Å². The fraction of sp³-hybridized carbons (Fsp3) is 0.222. The molecule has 2 N–H and O–H groups in total.